The van der Waals surface area contributed by atoms with E-state index in [1.165, 1.54) is 13.2 Å². The molecule has 0 aromatic heterocycles. The molecule has 0 N–H and O–H groups in total. The van der Waals surface area contributed by atoms with Crippen LogP contribution in [-0.4, -0.2) is 21.2 Å². The topological polar surface area (TPSA) is 35.5 Å². The maximum atomic E-state index is 11.0. The highest BCUT2D eigenvalue weighted by molar-refractivity contribution is 6.75. The molecule has 3 nitrogen and oxygen atoms in total. The number of methoxy groups -OCH3 is 1. The van der Waals surface area contributed by atoms with Crippen LogP contribution in [0.25, 0.3) is 0 Å². The van der Waals surface area contributed by atoms with Crippen LogP contribution in [0.5, 0.6) is 0 Å². The van der Waals surface area contributed by atoms with Crippen LogP contribution < -0.4 is 0 Å². The average Bonchev–Trinajstić information content (AvgIpc) is 1.83. The highest BCUT2D eigenvalue weighted by Gasteiger charge is 2.32. The van der Waals surface area contributed by atoms with E-state index in [1.54, 1.807) is 0 Å². The summed E-state index contributed by atoms with van der Waals surface area (Å²) in [6, 6.07) is 0.555. The lowest BCUT2D eigenvalue weighted by molar-refractivity contribution is -0.113. The molecule has 1 rings (SSSR count). The smallest absolute Gasteiger partial charge is 0.268 e. The Morgan fingerprint density at radius 1 is 1.64 bits per heavy atom. The van der Waals surface area contributed by atoms with Crippen LogP contribution in [0.4, 0.5) is 0 Å². The molecule has 1 aliphatic rings. The third-order valence-electron chi connectivity index (χ3n) is 1.46. The van der Waals surface area contributed by atoms with Crippen molar-refractivity contribution in [3.8, 4) is 0 Å². The van der Waals surface area contributed by atoms with E-state index in [2.05, 4.69) is 0 Å². The van der Waals surface area contributed by atoms with E-state index in [1.807, 2.05) is 13.1 Å². The number of carbonyl (C=O) groups excluding carboxylic acids is 1. The molecule has 0 fully saturated rings. The summed E-state index contributed by atoms with van der Waals surface area (Å²) in [5.41, 5.74) is 0. The van der Waals surface area contributed by atoms with Gasteiger partial charge < -0.3 is 9.16 Å². The van der Waals surface area contributed by atoms with E-state index in [0.717, 1.165) is 0 Å². The van der Waals surface area contributed by atoms with Gasteiger partial charge in [-0.2, -0.15) is 0 Å². The molecule has 4 heteroatoms. The van der Waals surface area contributed by atoms with Gasteiger partial charge in [-0.3, -0.25) is 4.79 Å². The number of rotatable bonds is 1. The number of allylic oxidation sites excluding steroid dienone is 1. The van der Waals surface area contributed by atoms with Crippen LogP contribution in [-0.2, 0) is 14.0 Å². The fourth-order valence-corrected chi connectivity index (χ4v) is 2.74. The summed E-state index contributed by atoms with van der Waals surface area (Å²) in [5, 5.41) is 0. The Labute approximate surface area is 67.1 Å². The van der Waals surface area contributed by atoms with E-state index in [4.69, 9.17) is 9.16 Å². The first-order valence-corrected chi connectivity index (χ1v) is 6.62. The predicted molar refractivity (Wildman–Crippen MR) is 43.5 cm³/mol. The molecule has 0 spiro atoms. The van der Waals surface area contributed by atoms with Gasteiger partial charge in [0.1, 0.15) is 0 Å². The van der Waals surface area contributed by atoms with Gasteiger partial charge in [-0.15, -0.1) is 0 Å². The Bertz CT molecular complexity index is 208. The molecule has 0 aliphatic carbocycles. The number of hydrogen-bond donors (Lipinski definition) is 0. The zero-order chi connectivity index (χ0) is 8.48. The maximum absolute atomic E-state index is 11.0. The Morgan fingerprint density at radius 3 is 2.73 bits per heavy atom. The Kier molecular flexibility index (Phi) is 2.04. The van der Waals surface area contributed by atoms with Gasteiger partial charge in [0.15, 0.2) is 5.78 Å². The molecular weight excluding hydrogens is 160 g/mol. The lowest BCUT2D eigenvalue weighted by Crippen LogP contribution is -2.36. The molecule has 0 bridgehead atoms. The predicted octanol–water partition coefficient (Wildman–Crippen LogP) is 1.28. The van der Waals surface area contributed by atoms with E-state index in [-0.39, 0.29) is 5.78 Å². The minimum Gasteiger partial charge on any atom is -0.519 e. The van der Waals surface area contributed by atoms with Crippen molar-refractivity contribution in [1.29, 1.82) is 0 Å². The van der Waals surface area contributed by atoms with Crippen molar-refractivity contribution >= 4 is 14.1 Å². The van der Waals surface area contributed by atoms with Crippen molar-refractivity contribution in [3.63, 3.8) is 0 Å². The van der Waals surface area contributed by atoms with Gasteiger partial charge in [0.25, 0.3) is 14.3 Å². The maximum Gasteiger partial charge on any atom is 0.268 e. The summed E-state index contributed by atoms with van der Waals surface area (Å²) in [6.45, 7) is 3.99. The SMILES string of the molecule is COC1=CC(=O)C[Si](C)(C)O1. The second-order valence-electron chi connectivity index (χ2n) is 3.17. The molecule has 0 unspecified atom stereocenters. The zero-order valence-electron chi connectivity index (χ0n) is 7.01. The Balaban J connectivity index is 2.78. The molecule has 0 aromatic carbocycles. The number of ether oxygens (including phenoxy) is 1. The fourth-order valence-electron chi connectivity index (χ4n) is 1.04. The molecule has 1 heterocycles. The Morgan fingerprint density at radius 2 is 2.27 bits per heavy atom. The number of carbonyl (C=O) groups is 1. The van der Waals surface area contributed by atoms with Crippen molar-refractivity contribution in [1.82, 2.24) is 0 Å². The second kappa shape index (κ2) is 2.69. The van der Waals surface area contributed by atoms with Crippen molar-refractivity contribution < 1.29 is 14.0 Å². The lowest BCUT2D eigenvalue weighted by atomic mass is 10.4. The molecule has 0 atom stereocenters. The molecule has 62 valence electrons. The van der Waals surface area contributed by atoms with Gasteiger partial charge in [-0.05, 0) is 13.1 Å². The van der Waals surface area contributed by atoms with Crippen LogP contribution in [0.15, 0.2) is 12.0 Å². The lowest BCUT2D eigenvalue weighted by Gasteiger charge is -2.26. The standard InChI is InChI=1S/C7H12O3Si/c1-9-7-4-6(8)5-11(2,3)10-7/h4H,5H2,1-3H3. The quantitative estimate of drug-likeness (QED) is 0.559. The molecular formula is C7H12O3Si. The van der Waals surface area contributed by atoms with Gasteiger partial charge in [0, 0.05) is 6.04 Å². The van der Waals surface area contributed by atoms with Crippen molar-refractivity contribution in [2.24, 2.45) is 0 Å². The van der Waals surface area contributed by atoms with Gasteiger partial charge in [0.05, 0.1) is 13.2 Å². The first kappa shape index (κ1) is 8.32. The third kappa shape index (κ3) is 2.08. The minimum atomic E-state index is -1.78. The summed E-state index contributed by atoms with van der Waals surface area (Å²) in [5.74, 6) is 0.489. The summed E-state index contributed by atoms with van der Waals surface area (Å²) in [7, 11) is -0.272. The molecule has 0 saturated heterocycles. The normalized spacial score (nSPS) is 22.1. The van der Waals surface area contributed by atoms with Crippen molar-refractivity contribution in [2.75, 3.05) is 7.11 Å². The third-order valence-corrected chi connectivity index (χ3v) is 3.41. The zero-order valence-corrected chi connectivity index (χ0v) is 8.01. The van der Waals surface area contributed by atoms with Gasteiger partial charge in [-0.25, -0.2) is 0 Å². The fraction of sp³-hybridized carbons (Fsp3) is 0.571. The summed E-state index contributed by atoms with van der Waals surface area (Å²) in [4.78, 5) is 11.0. The minimum absolute atomic E-state index is 0.116. The average molecular weight is 172 g/mol. The van der Waals surface area contributed by atoms with Crippen LogP contribution in [0.1, 0.15) is 0 Å². The highest BCUT2D eigenvalue weighted by atomic mass is 28.4. The molecule has 1 aliphatic heterocycles. The largest absolute Gasteiger partial charge is 0.519 e. The van der Waals surface area contributed by atoms with Crippen LogP contribution in [0.3, 0.4) is 0 Å². The van der Waals surface area contributed by atoms with Crippen LogP contribution in [0, 0.1) is 0 Å². The Hall–Kier alpha value is -0.773. The first-order valence-electron chi connectivity index (χ1n) is 3.51. The van der Waals surface area contributed by atoms with Crippen LogP contribution >= 0.6 is 0 Å². The van der Waals surface area contributed by atoms with Gasteiger partial charge >= 0.3 is 0 Å². The van der Waals surface area contributed by atoms with Gasteiger partial charge in [0.2, 0.25) is 0 Å². The summed E-state index contributed by atoms with van der Waals surface area (Å²) >= 11 is 0. The summed E-state index contributed by atoms with van der Waals surface area (Å²) in [6.07, 6.45) is 1.41. The molecule has 0 amide bonds. The molecule has 0 radical (unpaired) electrons. The first-order chi connectivity index (χ1) is 5.03. The summed E-state index contributed by atoms with van der Waals surface area (Å²) < 4.78 is 10.3. The second-order valence-corrected chi connectivity index (χ2v) is 7.25. The van der Waals surface area contributed by atoms with E-state index >= 15 is 0 Å². The monoisotopic (exact) mass is 172 g/mol. The van der Waals surface area contributed by atoms with Crippen molar-refractivity contribution in [2.45, 2.75) is 19.1 Å². The van der Waals surface area contributed by atoms with Crippen LogP contribution in [0.2, 0.25) is 19.1 Å². The highest BCUT2D eigenvalue weighted by Crippen LogP contribution is 2.21. The number of hydrogen-bond acceptors (Lipinski definition) is 3. The molecule has 0 saturated carbocycles. The number of ketones is 1. The van der Waals surface area contributed by atoms with E-state index < -0.39 is 8.32 Å². The van der Waals surface area contributed by atoms with Crippen molar-refractivity contribution in [3.05, 3.63) is 12.0 Å². The van der Waals surface area contributed by atoms with Gasteiger partial charge in [-0.1, -0.05) is 0 Å². The van der Waals surface area contributed by atoms with E-state index in [9.17, 15) is 4.79 Å². The molecule has 0 aromatic rings. The van der Waals surface area contributed by atoms with E-state index in [0.29, 0.717) is 12.0 Å². The molecule has 11 heavy (non-hydrogen) atoms.